The molecular weight excluding hydrogens is 276 g/mol. The number of rotatable bonds is 4. The van der Waals surface area contributed by atoms with Crippen LogP contribution >= 0.6 is 0 Å². The molecule has 1 aromatic rings. The van der Waals surface area contributed by atoms with E-state index >= 15 is 0 Å². The average molecular weight is 296 g/mol. The van der Waals surface area contributed by atoms with Crippen LogP contribution < -0.4 is 5.32 Å². The highest BCUT2D eigenvalue weighted by molar-refractivity contribution is 7.90. The Morgan fingerprint density at radius 2 is 2.00 bits per heavy atom. The molecule has 1 unspecified atom stereocenters. The van der Waals surface area contributed by atoms with Crippen LogP contribution in [0.3, 0.4) is 0 Å². The highest BCUT2D eigenvalue weighted by Gasteiger charge is 2.26. The van der Waals surface area contributed by atoms with Gasteiger partial charge in [-0.25, -0.2) is 8.42 Å². The Hall–Kier alpha value is -1.40. The summed E-state index contributed by atoms with van der Waals surface area (Å²) in [7, 11) is -3.22. The predicted octanol–water partition coefficient (Wildman–Crippen LogP) is 0.914. The molecule has 1 aromatic carbocycles. The fraction of sp³-hybridized carbons (Fsp3) is 0.500. The van der Waals surface area contributed by atoms with Crippen LogP contribution in [0.25, 0.3) is 0 Å². The molecule has 0 spiro atoms. The molecule has 1 heterocycles. The summed E-state index contributed by atoms with van der Waals surface area (Å²) in [5, 5.41) is 3.25. The lowest BCUT2D eigenvalue weighted by atomic mass is 10.1. The topological polar surface area (TPSA) is 66.5 Å². The minimum absolute atomic E-state index is 0.0405. The van der Waals surface area contributed by atoms with E-state index in [0.29, 0.717) is 12.1 Å². The summed E-state index contributed by atoms with van der Waals surface area (Å²) < 4.78 is 22.8. The first kappa shape index (κ1) is 15.0. The van der Waals surface area contributed by atoms with Gasteiger partial charge in [0.25, 0.3) is 5.91 Å². The molecule has 0 bridgehead atoms. The molecule has 1 atom stereocenters. The zero-order chi connectivity index (χ0) is 14.8. The minimum Gasteiger partial charge on any atom is -0.335 e. The number of benzene rings is 1. The Kier molecular flexibility index (Phi) is 4.45. The Bertz CT molecular complexity index is 575. The summed E-state index contributed by atoms with van der Waals surface area (Å²) in [4.78, 5) is 14.6. The predicted molar refractivity (Wildman–Crippen MR) is 77.5 cm³/mol. The van der Waals surface area contributed by atoms with Crippen LogP contribution in [-0.4, -0.2) is 51.2 Å². The average Bonchev–Trinajstić information content (AvgIpc) is 2.92. The van der Waals surface area contributed by atoms with Crippen molar-refractivity contribution < 1.29 is 13.2 Å². The maximum atomic E-state index is 12.5. The zero-order valence-corrected chi connectivity index (χ0v) is 12.6. The van der Waals surface area contributed by atoms with Crippen molar-refractivity contribution in [2.75, 3.05) is 25.9 Å². The minimum atomic E-state index is -3.22. The normalized spacial score (nSPS) is 19.0. The quantitative estimate of drug-likeness (QED) is 0.897. The molecule has 1 aliphatic rings. The van der Waals surface area contributed by atoms with Crippen molar-refractivity contribution in [3.05, 3.63) is 29.8 Å². The lowest BCUT2D eigenvalue weighted by Crippen LogP contribution is -2.41. The van der Waals surface area contributed by atoms with E-state index in [1.54, 1.807) is 12.1 Å². The molecular formula is C14H20N2O3S. The molecule has 1 N–H and O–H groups in total. The Balaban J connectivity index is 2.19. The van der Waals surface area contributed by atoms with Crippen LogP contribution in [0.5, 0.6) is 0 Å². The van der Waals surface area contributed by atoms with Gasteiger partial charge in [0, 0.05) is 31.0 Å². The molecule has 1 aliphatic heterocycles. The van der Waals surface area contributed by atoms with Crippen molar-refractivity contribution in [3.63, 3.8) is 0 Å². The van der Waals surface area contributed by atoms with Gasteiger partial charge in [0.2, 0.25) is 0 Å². The SMILES string of the molecule is CCN(C(=O)c1ccc(S(C)(=O)=O)cc1)C1CCNC1. The van der Waals surface area contributed by atoms with Crippen molar-refractivity contribution in [1.82, 2.24) is 10.2 Å². The van der Waals surface area contributed by atoms with Gasteiger partial charge in [-0.05, 0) is 44.2 Å². The lowest BCUT2D eigenvalue weighted by Gasteiger charge is -2.27. The Labute approximate surface area is 119 Å². The van der Waals surface area contributed by atoms with Crippen LogP contribution in [0.4, 0.5) is 0 Å². The first-order valence-corrected chi connectivity index (χ1v) is 8.64. The number of likely N-dealkylation sites (N-methyl/N-ethyl adjacent to an activating group) is 1. The van der Waals surface area contributed by atoms with Crippen molar-refractivity contribution in [1.29, 1.82) is 0 Å². The van der Waals surface area contributed by atoms with Gasteiger partial charge >= 0.3 is 0 Å². The summed E-state index contributed by atoms with van der Waals surface area (Å²) in [5.41, 5.74) is 0.533. The van der Waals surface area contributed by atoms with E-state index < -0.39 is 9.84 Å². The van der Waals surface area contributed by atoms with Gasteiger partial charge in [-0.3, -0.25) is 4.79 Å². The molecule has 0 aliphatic carbocycles. The maximum Gasteiger partial charge on any atom is 0.254 e. The van der Waals surface area contributed by atoms with Gasteiger partial charge in [0.1, 0.15) is 0 Å². The molecule has 110 valence electrons. The van der Waals surface area contributed by atoms with E-state index in [9.17, 15) is 13.2 Å². The van der Waals surface area contributed by atoms with E-state index in [1.807, 2.05) is 11.8 Å². The number of carbonyl (C=O) groups is 1. The van der Waals surface area contributed by atoms with Gasteiger partial charge in [-0.2, -0.15) is 0 Å². The molecule has 6 heteroatoms. The smallest absolute Gasteiger partial charge is 0.254 e. The molecule has 5 nitrogen and oxygen atoms in total. The van der Waals surface area contributed by atoms with Crippen LogP contribution in [0, 0.1) is 0 Å². The Morgan fingerprint density at radius 3 is 2.45 bits per heavy atom. The molecule has 0 saturated carbocycles. The lowest BCUT2D eigenvalue weighted by molar-refractivity contribution is 0.0703. The van der Waals surface area contributed by atoms with Gasteiger partial charge in [0.15, 0.2) is 9.84 Å². The summed E-state index contributed by atoms with van der Waals surface area (Å²) in [6.07, 6.45) is 2.12. The first-order chi connectivity index (χ1) is 9.43. The van der Waals surface area contributed by atoms with Crippen LogP contribution in [-0.2, 0) is 9.84 Å². The second-order valence-electron chi connectivity index (χ2n) is 5.03. The number of nitrogens with one attached hydrogen (secondary N) is 1. The highest BCUT2D eigenvalue weighted by atomic mass is 32.2. The largest absolute Gasteiger partial charge is 0.335 e. The zero-order valence-electron chi connectivity index (χ0n) is 11.8. The number of carbonyl (C=O) groups excluding carboxylic acids is 1. The maximum absolute atomic E-state index is 12.5. The summed E-state index contributed by atoms with van der Waals surface area (Å²) in [6.45, 7) is 4.36. The number of amides is 1. The second-order valence-corrected chi connectivity index (χ2v) is 7.05. The number of hydrogen-bond donors (Lipinski definition) is 1. The third-order valence-electron chi connectivity index (χ3n) is 3.61. The second kappa shape index (κ2) is 5.93. The van der Waals surface area contributed by atoms with Crippen molar-refractivity contribution in [2.45, 2.75) is 24.3 Å². The van der Waals surface area contributed by atoms with Gasteiger partial charge in [0.05, 0.1) is 4.90 Å². The third-order valence-corrected chi connectivity index (χ3v) is 4.73. The number of nitrogens with zero attached hydrogens (tertiary/aromatic N) is 1. The number of hydrogen-bond acceptors (Lipinski definition) is 4. The molecule has 1 amide bonds. The van der Waals surface area contributed by atoms with Crippen molar-refractivity contribution >= 4 is 15.7 Å². The van der Waals surface area contributed by atoms with E-state index in [-0.39, 0.29) is 16.8 Å². The molecule has 0 radical (unpaired) electrons. The van der Waals surface area contributed by atoms with Crippen molar-refractivity contribution in [2.24, 2.45) is 0 Å². The fourth-order valence-corrected chi connectivity index (χ4v) is 3.11. The fourth-order valence-electron chi connectivity index (χ4n) is 2.48. The molecule has 2 rings (SSSR count). The standard InChI is InChI=1S/C14H20N2O3S/c1-3-16(12-8-9-15-10-12)14(17)11-4-6-13(7-5-11)20(2,18)19/h4-7,12,15H,3,8-10H2,1-2H3. The summed E-state index contributed by atoms with van der Waals surface area (Å²) in [5.74, 6) is -0.0405. The van der Waals surface area contributed by atoms with Gasteiger partial charge < -0.3 is 10.2 Å². The van der Waals surface area contributed by atoms with Crippen LogP contribution in [0.15, 0.2) is 29.2 Å². The molecule has 1 saturated heterocycles. The monoisotopic (exact) mass is 296 g/mol. The van der Waals surface area contributed by atoms with Crippen molar-refractivity contribution in [3.8, 4) is 0 Å². The third kappa shape index (κ3) is 3.19. The molecule has 1 fully saturated rings. The molecule has 20 heavy (non-hydrogen) atoms. The summed E-state index contributed by atoms with van der Waals surface area (Å²) >= 11 is 0. The summed E-state index contributed by atoms with van der Waals surface area (Å²) in [6, 6.07) is 6.38. The van der Waals surface area contributed by atoms with Crippen LogP contribution in [0.2, 0.25) is 0 Å². The van der Waals surface area contributed by atoms with Gasteiger partial charge in [-0.1, -0.05) is 0 Å². The van der Waals surface area contributed by atoms with E-state index in [1.165, 1.54) is 12.1 Å². The van der Waals surface area contributed by atoms with Gasteiger partial charge in [-0.15, -0.1) is 0 Å². The first-order valence-electron chi connectivity index (χ1n) is 6.75. The van der Waals surface area contributed by atoms with E-state index in [0.717, 1.165) is 25.8 Å². The van der Waals surface area contributed by atoms with E-state index in [4.69, 9.17) is 0 Å². The Morgan fingerprint density at radius 1 is 1.35 bits per heavy atom. The molecule has 0 aromatic heterocycles. The van der Waals surface area contributed by atoms with E-state index in [2.05, 4.69) is 5.32 Å². The van der Waals surface area contributed by atoms with Crippen LogP contribution in [0.1, 0.15) is 23.7 Å². The highest BCUT2D eigenvalue weighted by Crippen LogP contribution is 2.15. The number of sulfone groups is 1.